The first-order valence-corrected chi connectivity index (χ1v) is 10.5. The number of aromatic amines is 1. The van der Waals surface area contributed by atoms with Gasteiger partial charge in [0.2, 0.25) is 5.88 Å². The third kappa shape index (κ3) is 3.45. The first kappa shape index (κ1) is 19.7. The number of hydrogen-bond acceptors (Lipinski definition) is 6. The summed E-state index contributed by atoms with van der Waals surface area (Å²) in [5.74, 6) is 1.57. The van der Waals surface area contributed by atoms with Crippen LogP contribution in [0.25, 0.3) is 0 Å². The molecule has 0 unspecified atom stereocenters. The van der Waals surface area contributed by atoms with Gasteiger partial charge in [0.1, 0.15) is 17.6 Å². The lowest BCUT2D eigenvalue weighted by molar-refractivity contribution is 0.412. The lowest BCUT2D eigenvalue weighted by Crippen LogP contribution is -2.27. The first-order chi connectivity index (χ1) is 15.7. The Bertz CT molecular complexity index is 1450. The molecular weight excluding hydrogens is 424 g/mol. The van der Waals surface area contributed by atoms with Gasteiger partial charge in [-0.15, -0.1) is 0 Å². The molecule has 1 aliphatic heterocycles. The van der Waals surface area contributed by atoms with E-state index < -0.39 is 5.56 Å². The van der Waals surface area contributed by atoms with Crippen molar-refractivity contribution >= 4 is 23.3 Å². The molecule has 1 aliphatic rings. The zero-order valence-corrected chi connectivity index (χ0v) is 17.7. The van der Waals surface area contributed by atoms with E-state index in [1.54, 1.807) is 43.1 Å². The monoisotopic (exact) mass is 440 g/mol. The zero-order valence-electron chi connectivity index (χ0n) is 16.9. The van der Waals surface area contributed by atoms with E-state index in [0.717, 1.165) is 21.0 Å². The average molecular weight is 440 g/mol. The van der Waals surface area contributed by atoms with Crippen LogP contribution in [-0.2, 0) is 0 Å². The Labute approximate surface area is 187 Å². The van der Waals surface area contributed by atoms with E-state index in [0.29, 0.717) is 17.3 Å². The van der Waals surface area contributed by atoms with Gasteiger partial charge in [-0.1, -0.05) is 42.1 Å². The van der Waals surface area contributed by atoms with Gasteiger partial charge in [-0.25, -0.2) is 4.99 Å². The summed E-state index contributed by atoms with van der Waals surface area (Å²) in [7, 11) is 1.57. The summed E-state index contributed by atoms with van der Waals surface area (Å²) in [6.07, 6.45) is 0. The lowest BCUT2D eigenvalue weighted by atomic mass is 10.2. The molecule has 0 bridgehead atoms. The van der Waals surface area contributed by atoms with Gasteiger partial charge < -0.3 is 9.47 Å². The van der Waals surface area contributed by atoms with E-state index in [1.807, 2.05) is 54.6 Å². The minimum Gasteiger partial charge on any atom is -0.497 e. The van der Waals surface area contributed by atoms with E-state index >= 15 is 0 Å². The maximum Gasteiger partial charge on any atom is 0.294 e. The van der Waals surface area contributed by atoms with Crippen LogP contribution in [0.1, 0.15) is 11.1 Å². The molecule has 0 fully saturated rings. The molecule has 4 aromatic rings. The number of ether oxygens (including phenoxy) is 2. The largest absolute Gasteiger partial charge is 0.497 e. The fourth-order valence-electron chi connectivity index (χ4n) is 3.34. The smallest absolute Gasteiger partial charge is 0.294 e. The molecule has 7 nitrogen and oxygen atoms in total. The minimum atomic E-state index is -0.533. The maximum atomic E-state index is 13.2. The molecule has 0 saturated heterocycles. The van der Waals surface area contributed by atoms with Crippen molar-refractivity contribution in [3.05, 3.63) is 94.3 Å². The predicted molar refractivity (Wildman–Crippen MR) is 121 cm³/mol. The second-order valence-corrected chi connectivity index (χ2v) is 7.93. The Morgan fingerprint density at radius 3 is 2.41 bits per heavy atom. The number of benzene rings is 3. The molecule has 0 amide bonds. The van der Waals surface area contributed by atoms with Crippen molar-refractivity contribution in [3.8, 4) is 23.4 Å². The van der Waals surface area contributed by atoms with Crippen LogP contribution in [0.3, 0.4) is 0 Å². The highest BCUT2D eigenvalue weighted by Gasteiger charge is 2.24. The summed E-state index contributed by atoms with van der Waals surface area (Å²) in [6, 6.07) is 24.2. The average Bonchev–Trinajstić information content (AvgIpc) is 3.03. The summed E-state index contributed by atoms with van der Waals surface area (Å²) in [5.41, 5.74) is 0.846. The summed E-state index contributed by atoms with van der Waals surface area (Å²) >= 11 is 1.58. The van der Waals surface area contributed by atoms with Crippen molar-refractivity contribution < 1.29 is 9.47 Å². The number of methoxy groups -OCH3 is 1. The molecule has 0 saturated carbocycles. The molecule has 156 valence electrons. The molecule has 0 aliphatic carbocycles. The fraction of sp³-hybridized carbons (Fsp3) is 0.0417. The van der Waals surface area contributed by atoms with Crippen molar-refractivity contribution in [1.82, 2.24) is 9.78 Å². The molecule has 3 aromatic carbocycles. The van der Waals surface area contributed by atoms with Crippen LogP contribution in [0.15, 0.2) is 92.4 Å². The van der Waals surface area contributed by atoms with Crippen molar-refractivity contribution in [1.29, 1.82) is 5.26 Å². The van der Waals surface area contributed by atoms with Crippen molar-refractivity contribution in [2.75, 3.05) is 7.11 Å². The Kier molecular flexibility index (Phi) is 5.01. The topological polar surface area (TPSA) is 92.4 Å². The van der Waals surface area contributed by atoms with Gasteiger partial charge in [-0.05, 0) is 42.5 Å². The van der Waals surface area contributed by atoms with Crippen molar-refractivity contribution in [3.63, 3.8) is 0 Å². The molecule has 1 aromatic heterocycles. The summed E-state index contributed by atoms with van der Waals surface area (Å²) in [4.78, 5) is 19.9. The Balaban J connectivity index is 1.65. The van der Waals surface area contributed by atoms with Crippen LogP contribution >= 0.6 is 11.8 Å². The molecule has 8 heteroatoms. The van der Waals surface area contributed by atoms with Crippen LogP contribution in [-0.4, -0.2) is 22.7 Å². The highest BCUT2D eigenvalue weighted by atomic mass is 32.2. The molecule has 5 rings (SSSR count). The normalized spacial score (nSPS) is 12.1. The van der Waals surface area contributed by atoms with Gasteiger partial charge in [0.05, 0.1) is 12.8 Å². The van der Waals surface area contributed by atoms with E-state index in [1.165, 1.54) is 4.68 Å². The first-order valence-electron chi connectivity index (χ1n) is 9.70. The fourth-order valence-corrected chi connectivity index (χ4v) is 4.36. The number of fused-ring (bicyclic) bond motifs is 2. The Morgan fingerprint density at radius 1 is 0.969 bits per heavy atom. The SMILES string of the molecule is COc1ccc(Oc2[nH]n(C3=Nc4ccccc4Sc4ccccc43)c(=O)c2C#N)cc1. The van der Waals surface area contributed by atoms with Crippen molar-refractivity contribution in [2.24, 2.45) is 4.99 Å². The van der Waals surface area contributed by atoms with Gasteiger partial charge in [0.25, 0.3) is 5.56 Å². The number of H-pyrrole nitrogens is 1. The van der Waals surface area contributed by atoms with Crippen LogP contribution in [0.2, 0.25) is 0 Å². The van der Waals surface area contributed by atoms with Gasteiger partial charge in [0.15, 0.2) is 11.4 Å². The van der Waals surface area contributed by atoms with Crippen LogP contribution in [0.5, 0.6) is 17.4 Å². The highest BCUT2D eigenvalue weighted by Crippen LogP contribution is 2.40. The van der Waals surface area contributed by atoms with E-state index in [4.69, 9.17) is 14.5 Å². The lowest BCUT2D eigenvalue weighted by Gasteiger charge is -2.09. The third-order valence-electron chi connectivity index (χ3n) is 4.90. The standard InChI is InChI=1S/C24H16N4O3S/c1-30-15-10-12-16(13-11-15)31-23-18(14-25)24(29)28(27-23)22-17-6-2-4-8-20(17)32-21-9-5-3-7-19(21)26-22/h2-13,27H,1H3. The highest BCUT2D eigenvalue weighted by molar-refractivity contribution is 7.99. The minimum absolute atomic E-state index is 0.0491. The number of aliphatic imine (C=N–C) groups is 1. The number of hydrogen-bond donors (Lipinski definition) is 1. The number of rotatable bonds is 3. The van der Waals surface area contributed by atoms with Crippen molar-refractivity contribution in [2.45, 2.75) is 9.79 Å². The van der Waals surface area contributed by atoms with E-state index in [-0.39, 0.29) is 11.4 Å². The van der Waals surface area contributed by atoms with E-state index in [2.05, 4.69) is 5.10 Å². The van der Waals surface area contributed by atoms with Gasteiger partial charge in [-0.3, -0.25) is 9.89 Å². The molecule has 1 N–H and O–H groups in total. The van der Waals surface area contributed by atoms with Crippen LogP contribution in [0.4, 0.5) is 5.69 Å². The molecule has 32 heavy (non-hydrogen) atoms. The Morgan fingerprint density at radius 2 is 1.66 bits per heavy atom. The third-order valence-corrected chi connectivity index (χ3v) is 6.04. The number of nitrogens with one attached hydrogen (secondary N) is 1. The van der Waals surface area contributed by atoms with E-state index in [9.17, 15) is 10.1 Å². The molecule has 0 radical (unpaired) electrons. The predicted octanol–water partition coefficient (Wildman–Crippen LogP) is 4.94. The number of nitrogens with zero attached hydrogens (tertiary/aromatic N) is 3. The second-order valence-electron chi connectivity index (χ2n) is 6.85. The zero-order chi connectivity index (χ0) is 22.1. The number of para-hydroxylation sites is 1. The number of aromatic nitrogens is 2. The molecule has 0 spiro atoms. The maximum absolute atomic E-state index is 13.2. The van der Waals surface area contributed by atoms with Gasteiger partial charge >= 0.3 is 0 Å². The van der Waals surface area contributed by atoms with Crippen LogP contribution in [0, 0.1) is 11.3 Å². The summed E-state index contributed by atoms with van der Waals surface area (Å²) in [5, 5.41) is 12.6. The Hall–Kier alpha value is -4.22. The van der Waals surface area contributed by atoms with Crippen LogP contribution < -0.4 is 15.0 Å². The molecule has 2 heterocycles. The van der Waals surface area contributed by atoms with Gasteiger partial charge in [0, 0.05) is 15.4 Å². The quantitative estimate of drug-likeness (QED) is 0.429. The number of nitriles is 1. The summed E-state index contributed by atoms with van der Waals surface area (Å²) < 4.78 is 12.2. The second kappa shape index (κ2) is 8.13. The summed E-state index contributed by atoms with van der Waals surface area (Å²) in [6.45, 7) is 0. The molecule has 0 atom stereocenters. The molecular formula is C24H16N4O3S. The van der Waals surface area contributed by atoms with Gasteiger partial charge in [-0.2, -0.15) is 9.94 Å².